The number of rotatable bonds is 2. The summed E-state index contributed by atoms with van der Waals surface area (Å²) >= 11 is 9.64. The molecule has 0 heterocycles. The molecule has 0 bridgehead atoms. The van der Waals surface area contributed by atoms with Crippen LogP contribution in [0.2, 0.25) is 5.02 Å². The first kappa shape index (κ1) is 11.4. The number of hydrogen-bond donors (Lipinski definition) is 1. The van der Waals surface area contributed by atoms with Crippen LogP contribution < -0.4 is 0 Å². The van der Waals surface area contributed by atoms with E-state index in [9.17, 15) is 5.11 Å². The third-order valence-corrected chi connectivity index (χ3v) is 4.45. The summed E-state index contributed by atoms with van der Waals surface area (Å²) in [5.41, 5.74) is 1.06. The van der Waals surface area contributed by atoms with Crippen molar-refractivity contribution in [2.24, 2.45) is 5.41 Å². The van der Waals surface area contributed by atoms with Gasteiger partial charge in [0.25, 0.3) is 0 Å². The molecule has 1 unspecified atom stereocenters. The van der Waals surface area contributed by atoms with Crippen molar-refractivity contribution in [3.8, 4) is 0 Å². The fourth-order valence-corrected chi connectivity index (χ4v) is 3.05. The molecule has 0 aliphatic heterocycles. The molecule has 1 aliphatic carbocycles. The Morgan fingerprint density at radius 2 is 2.07 bits per heavy atom. The third kappa shape index (κ3) is 1.63. The Kier molecular flexibility index (Phi) is 2.65. The van der Waals surface area contributed by atoms with Gasteiger partial charge in [-0.1, -0.05) is 41.4 Å². The van der Waals surface area contributed by atoms with E-state index in [0.717, 1.165) is 21.5 Å². The average molecular weight is 290 g/mol. The van der Waals surface area contributed by atoms with Crippen LogP contribution in [0.25, 0.3) is 0 Å². The van der Waals surface area contributed by atoms with E-state index in [0.29, 0.717) is 0 Å². The van der Waals surface area contributed by atoms with Crippen LogP contribution >= 0.6 is 27.5 Å². The second-order valence-electron chi connectivity index (χ2n) is 4.93. The van der Waals surface area contributed by atoms with Crippen LogP contribution in [-0.2, 0) is 5.41 Å². The van der Waals surface area contributed by atoms with Crippen molar-refractivity contribution in [2.75, 3.05) is 6.61 Å². The first-order valence-electron chi connectivity index (χ1n) is 4.99. The highest BCUT2D eigenvalue weighted by Crippen LogP contribution is 2.65. The van der Waals surface area contributed by atoms with Crippen molar-refractivity contribution in [2.45, 2.75) is 25.7 Å². The molecular weight excluding hydrogens is 275 g/mol. The van der Waals surface area contributed by atoms with Crippen molar-refractivity contribution in [1.82, 2.24) is 0 Å². The Labute approximate surface area is 104 Å². The molecule has 15 heavy (non-hydrogen) atoms. The van der Waals surface area contributed by atoms with Gasteiger partial charge in [-0.3, -0.25) is 0 Å². The van der Waals surface area contributed by atoms with Gasteiger partial charge in [0, 0.05) is 14.9 Å². The summed E-state index contributed by atoms with van der Waals surface area (Å²) in [5.74, 6) is 0. The Morgan fingerprint density at radius 3 is 2.53 bits per heavy atom. The number of benzene rings is 1. The predicted octanol–water partition coefficient (Wildman–Crippen LogP) is 3.76. The molecule has 1 aromatic carbocycles. The van der Waals surface area contributed by atoms with Crippen molar-refractivity contribution in [3.05, 3.63) is 33.3 Å². The number of aliphatic hydroxyl groups is 1. The zero-order chi connectivity index (χ0) is 11.3. The molecule has 0 aromatic heterocycles. The van der Waals surface area contributed by atoms with Gasteiger partial charge in [-0.2, -0.15) is 0 Å². The highest BCUT2D eigenvalue weighted by atomic mass is 79.9. The minimum absolute atomic E-state index is 0.145. The quantitative estimate of drug-likeness (QED) is 0.879. The van der Waals surface area contributed by atoms with Gasteiger partial charge in [0.2, 0.25) is 0 Å². The average Bonchev–Trinajstić information content (AvgIpc) is 2.74. The molecule has 1 N–H and O–H groups in total. The topological polar surface area (TPSA) is 20.2 Å². The Balaban J connectivity index is 2.50. The zero-order valence-electron chi connectivity index (χ0n) is 8.85. The molecule has 1 nitrogen and oxygen atoms in total. The minimum atomic E-state index is -0.145. The van der Waals surface area contributed by atoms with E-state index in [-0.39, 0.29) is 17.4 Å². The SMILES string of the molecule is CC1(C)CC1(CO)c1cc(Br)ccc1Cl. The fraction of sp³-hybridized carbons (Fsp3) is 0.500. The van der Waals surface area contributed by atoms with Crippen LogP contribution in [-0.4, -0.2) is 11.7 Å². The zero-order valence-corrected chi connectivity index (χ0v) is 11.2. The lowest BCUT2D eigenvalue weighted by molar-refractivity contribution is 0.231. The third-order valence-electron chi connectivity index (χ3n) is 3.63. The molecule has 3 heteroatoms. The van der Waals surface area contributed by atoms with E-state index in [1.807, 2.05) is 18.2 Å². The number of hydrogen-bond acceptors (Lipinski definition) is 1. The lowest BCUT2D eigenvalue weighted by atomic mass is 9.89. The van der Waals surface area contributed by atoms with E-state index in [4.69, 9.17) is 11.6 Å². The lowest BCUT2D eigenvalue weighted by Crippen LogP contribution is -2.19. The summed E-state index contributed by atoms with van der Waals surface area (Å²) in [7, 11) is 0. The van der Waals surface area contributed by atoms with Gasteiger partial charge in [-0.05, 0) is 35.6 Å². The molecule has 2 rings (SSSR count). The predicted molar refractivity (Wildman–Crippen MR) is 66.3 cm³/mol. The van der Waals surface area contributed by atoms with Crippen LogP contribution in [0.3, 0.4) is 0 Å². The van der Waals surface area contributed by atoms with Crippen LogP contribution in [0.15, 0.2) is 22.7 Å². The second kappa shape index (κ2) is 3.47. The summed E-state index contributed by atoms with van der Waals surface area (Å²) < 4.78 is 1.01. The van der Waals surface area contributed by atoms with Gasteiger partial charge in [0.15, 0.2) is 0 Å². The number of halogens is 2. The monoisotopic (exact) mass is 288 g/mol. The molecule has 82 valence electrons. The number of aliphatic hydroxyl groups excluding tert-OH is 1. The molecular formula is C12H14BrClO. The van der Waals surface area contributed by atoms with E-state index in [2.05, 4.69) is 29.8 Å². The highest BCUT2D eigenvalue weighted by Gasteiger charge is 2.62. The summed E-state index contributed by atoms with van der Waals surface area (Å²) in [5, 5.41) is 10.3. The Morgan fingerprint density at radius 1 is 1.47 bits per heavy atom. The fourth-order valence-electron chi connectivity index (χ4n) is 2.39. The Hall–Kier alpha value is -0.0500. The minimum Gasteiger partial charge on any atom is -0.395 e. The molecule has 1 aliphatic rings. The molecule has 0 saturated heterocycles. The van der Waals surface area contributed by atoms with Crippen molar-refractivity contribution in [1.29, 1.82) is 0 Å². The molecule has 1 fully saturated rings. The van der Waals surface area contributed by atoms with Crippen LogP contribution in [0.5, 0.6) is 0 Å². The maximum absolute atomic E-state index is 9.59. The van der Waals surface area contributed by atoms with Gasteiger partial charge in [0.1, 0.15) is 0 Å². The maximum atomic E-state index is 9.59. The second-order valence-corrected chi connectivity index (χ2v) is 6.25. The Bertz CT molecular complexity index is 403. The van der Waals surface area contributed by atoms with Crippen LogP contribution in [0.4, 0.5) is 0 Å². The largest absolute Gasteiger partial charge is 0.395 e. The normalized spacial score (nSPS) is 27.8. The van der Waals surface area contributed by atoms with Crippen molar-refractivity contribution in [3.63, 3.8) is 0 Å². The maximum Gasteiger partial charge on any atom is 0.0533 e. The van der Waals surface area contributed by atoms with Gasteiger partial charge >= 0.3 is 0 Å². The first-order valence-corrected chi connectivity index (χ1v) is 6.16. The van der Waals surface area contributed by atoms with Gasteiger partial charge in [-0.15, -0.1) is 0 Å². The summed E-state index contributed by atoms with van der Waals surface area (Å²) in [6.45, 7) is 4.50. The highest BCUT2D eigenvalue weighted by molar-refractivity contribution is 9.10. The van der Waals surface area contributed by atoms with Gasteiger partial charge in [-0.25, -0.2) is 0 Å². The summed E-state index contributed by atoms with van der Waals surface area (Å²) in [4.78, 5) is 0. The van der Waals surface area contributed by atoms with E-state index in [1.165, 1.54) is 0 Å². The lowest BCUT2D eigenvalue weighted by Gasteiger charge is -2.20. The van der Waals surface area contributed by atoms with Crippen molar-refractivity contribution < 1.29 is 5.11 Å². The standard InChI is InChI=1S/C12H14BrClO/c1-11(2)6-12(11,7-15)9-5-8(13)3-4-10(9)14/h3-5,15H,6-7H2,1-2H3. The molecule has 1 aromatic rings. The van der Waals surface area contributed by atoms with E-state index in [1.54, 1.807) is 0 Å². The molecule has 1 saturated carbocycles. The molecule has 0 spiro atoms. The molecule has 0 radical (unpaired) electrons. The van der Waals surface area contributed by atoms with Crippen molar-refractivity contribution >= 4 is 27.5 Å². The van der Waals surface area contributed by atoms with Crippen LogP contribution in [0.1, 0.15) is 25.8 Å². The van der Waals surface area contributed by atoms with Gasteiger partial charge in [0.05, 0.1) is 6.61 Å². The van der Waals surface area contributed by atoms with E-state index < -0.39 is 0 Å². The van der Waals surface area contributed by atoms with E-state index >= 15 is 0 Å². The smallest absolute Gasteiger partial charge is 0.0533 e. The summed E-state index contributed by atoms with van der Waals surface area (Å²) in [6.07, 6.45) is 0.993. The van der Waals surface area contributed by atoms with Crippen LogP contribution in [0, 0.1) is 5.41 Å². The van der Waals surface area contributed by atoms with Gasteiger partial charge < -0.3 is 5.11 Å². The first-order chi connectivity index (χ1) is 6.93. The molecule has 1 atom stereocenters. The molecule has 0 amide bonds. The summed E-state index contributed by atoms with van der Waals surface area (Å²) in [6, 6.07) is 5.83.